The van der Waals surface area contributed by atoms with Crippen molar-refractivity contribution in [2.24, 2.45) is 0 Å². The van der Waals surface area contributed by atoms with Gasteiger partial charge in [0.25, 0.3) is 5.91 Å². The van der Waals surface area contributed by atoms with Crippen molar-refractivity contribution in [1.29, 1.82) is 0 Å². The molecule has 21 heavy (non-hydrogen) atoms. The van der Waals surface area contributed by atoms with Crippen LogP contribution in [0.15, 0.2) is 4.52 Å². The highest BCUT2D eigenvalue weighted by molar-refractivity contribution is 7.11. The van der Waals surface area contributed by atoms with Gasteiger partial charge in [-0.15, -0.1) is 0 Å². The third-order valence-electron chi connectivity index (χ3n) is 2.83. The third-order valence-corrected chi connectivity index (χ3v) is 3.68. The second-order valence-electron chi connectivity index (χ2n) is 4.35. The first-order valence-electron chi connectivity index (χ1n) is 6.33. The molecule has 0 unspecified atom stereocenters. The van der Waals surface area contributed by atoms with Crippen LogP contribution in [0.3, 0.4) is 0 Å². The van der Waals surface area contributed by atoms with Crippen LogP contribution >= 0.6 is 11.5 Å². The van der Waals surface area contributed by atoms with Gasteiger partial charge < -0.3 is 14.6 Å². The van der Waals surface area contributed by atoms with Crippen molar-refractivity contribution in [3.05, 3.63) is 28.3 Å². The Morgan fingerprint density at radius 3 is 2.52 bits per heavy atom. The quantitative estimate of drug-likeness (QED) is 0.872. The molecule has 2 aromatic rings. The first kappa shape index (κ1) is 15.2. The summed E-state index contributed by atoms with van der Waals surface area (Å²) >= 11 is 1.03. The van der Waals surface area contributed by atoms with E-state index >= 15 is 0 Å². The number of nitrogens with zero attached hydrogens (tertiary/aromatic N) is 2. The highest BCUT2D eigenvalue weighted by Crippen LogP contribution is 2.26. The van der Waals surface area contributed by atoms with Crippen LogP contribution in [0, 0.1) is 20.8 Å². The lowest BCUT2D eigenvalue weighted by Gasteiger charge is -2.05. The summed E-state index contributed by atoms with van der Waals surface area (Å²) in [5.74, 6) is -0.470. The smallest absolute Gasteiger partial charge is 0.343 e. The number of aromatic nitrogens is 2. The largest absolute Gasteiger partial charge is 0.462 e. The summed E-state index contributed by atoms with van der Waals surface area (Å²) < 4.78 is 14.0. The maximum absolute atomic E-state index is 12.3. The summed E-state index contributed by atoms with van der Waals surface area (Å²) in [5.41, 5.74) is 1.65. The van der Waals surface area contributed by atoms with Crippen LogP contribution in [0.1, 0.15) is 44.8 Å². The van der Waals surface area contributed by atoms with Crippen LogP contribution in [0.25, 0.3) is 0 Å². The number of nitrogens with one attached hydrogen (secondary N) is 1. The fraction of sp³-hybridized carbons (Fsp3) is 0.385. The minimum absolute atomic E-state index is 0.255. The lowest BCUT2D eigenvalue weighted by atomic mass is 10.2. The molecule has 8 heteroatoms. The summed E-state index contributed by atoms with van der Waals surface area (Å²) in [5, 5.41) is 6.76. The molecule has 0 bridgehead atoms. The van der Waals surface area contributed by atoms with Gasteiger partial charge in [0.05, 0.1) is 18.0 Å². The second-order valence-corrected chi connectivity index (χ2v) is 5.12. The number of amides is 1. The highest BCUT2D eigenvalue weighted by Gasteiger charge is 2.24. The summed E-state index contributed by atoms with van der Waals surface area (Å²) in [4.78, 5) is 24.2. The predicted molar refractivity (Wildman–Crippen MR) is 76.7 cm³/mol. The first-order valence-corrected chi connectivity index (χ1v) is 7.10. The molecule has 0 fully saturated rings. The van der Waals surface area contributed by atoms with Gasteiger partial charge in [-0.25, -0.2) is 4.79 Å². The zero-order chi connectivity index (χ0) is 15.6. The molecule has 0 aliphatic heterocycles. The van der Waals surface area contributed by atoms with E-state index in [1.807, 2.05) is 0 Å². The van der Waals surface area contributed by atoms with Crippen LogP contribution in [0.4, 0.5) is 5.00 Å². The number of hydrogen-bond acceptors (Lipinski definition) is 7. The number of esters is 1. The standard InChI is InChI=1S/C13H15N3O4S/c1-5-19-13(18)10-7(3)16-21-12(10)14-11(17)9-6(2)15-20-8(9)4/h5H2,1-4H3,(H,14,17). The van der Waals surface area contributed by atoms with E-state index in [2.05, 4.69) is 14.8 Å². The highest BCUT2D eigenvalue weighted by atomic mass is 32.1. The Kier molecular flexibility index (Phi) is 4.37. The fourth-order valence-corrected chi connectivity index (χ4v) is 2.65. The van der Waals surface area contributed by atoms with Crippen LogP contribution in [0.5, 0.6) is 0 Å². The molecule has 0 spiro atoms. The van der Waals surface area contributed by atoms with Crippen molar-refractivity contribution in [2.45, 2.75) is 27.7 Å². The lowest BCUT2D eigenvalue weighted by Crippen LogP contribution is -2.16. The number of aryl methyl sites for hydroxylation is 3. The molecule has 0 saturated carbocycles. The van der Waals surface area contributed by atoms with Crippen molar-refractivity contribution >= 4 is 28.4 Å². The Hall–Kier alpha value is -2.22. The zero-order valence-electron chi connectivity index (χ0n) is 12.1. The molecule has 112 valence electrons. The number of anilines is 1. The van der Waals surface area contributed by atoms with E-state index in [0.29, 0.717) is 27.7 Å². The van der Waals surface area contributed by atoms with Gasteiger partial charge in [-0.3, -0.25) is 4.79 Å². The van der Waals surface area contributed by atoms with E-state index in [4.69, 9.17) is 9.26 Å². The van der Waals surface area contributed by atoms with Gasteiger partial charge >= 0.3 is 5.97 Å². The van der Waals surface area contributed by atoms with Crippen molar-refractivity contribution in [3.8, 4) is 0 Å². The van der Waals surface area contributed by atoms with Crippen molar-refractivity contribution < 1.29 is 18.8 Å². The molecule has 0 radical (unpaired) electrons. The maximum atomic E-state index is 12.3. The molecule has 2 aromatic heterocycles. The number of rotatable bonds is 4. The Labute approximate surface area is 125 Å². The van der Waals surface area contributed by atoms with E-state index in [1.54, 1.807) is 27.7 Å². The molecule has 7 nitrogen and oxygen atoms in total. The molecule has 0 aliphatic carbocycles. The Morgan fingerprint density at radius 1 is 1.24 bits per heavy atom. The van der Waals surface area contributed by atoms with E-state index < -0.39 is 5.97 Å². The van der Waals surface area contributed by atoms with Crippen molar-refractivity contribution in [1.82, 2.24) is 9.53 Å². The van der Waals surface area contributed by atoms with Gasteiger partial charge in [-0.2, -0.15) is 4.37 Å². The van der Waals surface area contributed by atoms with Gasteiger partial charge in [-0.1, -0.05) is 5.16 Å². The second kappa shape index (κ2) is 6.04. The zero-order valence-corrected chi connectivity index (χ0v) is 13.0. The Morgan fingerprint density at radius 2 is 1.95 bits per heavy atom. The van der Waals surface area contributed by atoms with Gasteiger partial charge in [0.15, 0.2) is 0 Å². The van der Waals surface area contributed by atoms with Crippen LogP contribution in [-0.2, 0) is 4.74 Å². The SMILES string of the molecule is CCOC(=O)c1c(C)nsc1NC(=O)c1c(C)noc1C. The molecule has 2 heterocycles. The molecule has 0 atom stereocenters. The Bertz CT molecular complexity index is 670. The minimum Gasteiger partial charge on any atom is -0.462 e. The average molecular weight is 309 g/mol. The van der Waals surface area contributed by atoms with Gasteiger partial charge in [-0.05, 0) is 39.2 Å². The molecule has 0 aromatic carbocycles. The Balaban J connectivity index is 2.29. The monoisotopic (exact) mass is 309 g/mol. The van der Waals surface area contributed by atoms with E-state index in [9.17, 15) is 9.59 Å². The number of carbonyl (C=O) groups is 2. The summed E-state index contributed by atoms with van der Waals surface area (Å²) in [6, 6.07) is 0. The molecule has 1 N–H and O–H groups in total. The minimum atomic E-state index is -0.502. The lowest BCUT2D eigenvalue weighted by molar-refractivity contribution is 0.0527. The fourth-order valence-electron chi connectivity index (χ4n) is 1.87. The number of ether oxygens (including phenoxy) is 1. The van der Waals surface area contributed by atoms with Crippen molar-refractivity contribution in [2.75, 3.05) is 11.9 Å². The normalized spacial score (nSPS) is 10.5. The van der Waals surface area contributed by atoms with Gasteiger partial charge in [0, 0.05) is 0 Å². The average Bonchev–Trinajstić information content (AvgIpc) is 2.93. The summed E-state index contributed by atoms with van der Waals surface area (Å²) in [6.07, 6.45) is 0. The number of carbonyl (C=O) groups excluding carboxylic acids is 2. The van der Waals surface area contributed by atoms with E-state index in [0.717, 1.165) is 11.5 Å². The topological polar surface area (TPSA) is 94.3 Å². The molecular formula is C13H15N3O4S. The van der Waals surface area contributed by atoms with Crippen LogP contribution < -0.4 is 5.32 Å². The molecule has 0 aliphatic rings. The van der Waals surface area contributed by atoms with Gasteiger partial charge in [0.2, 0.25) is 0 Å². The van der Waals surface area contributed by atoms with E-state index in [1.165, 1.54) is 0 Å². The van der Waals surface area contributed by atoms with Crippen LogP contribution in [-0.4, -0.2) is 28.0 Å². The number of hydrogen-bond donors (Lipinski definition) is 1. The first-order chi connectivity index (χ1) is 9.95. The maximum Gasteiger partial charge on any atom is 0.343 e. The predicted octanol–water partition coefficient (Wildman–Crippen LogP) is 2.49. The van der Waals surface area contributed by atoms with Gasteiger partial charge in [0.1, 0.15) is 21.9 Å². The van der Waals surface area contributed by atoms with Crippen molar-refractivity contribution in [3.63, 3.8) is 0 Å². The molecule has 0 saturated heterocycles. The molecular weight excluding hydrogens is 294 g/mol. The third kappa shape index (κ3) is 2.94. The van der Waals surface area contributed by atoms with E-state index in [-0.39, 0.29) is 18.1 Å². The van der Waals surface area contributed by atoms with Crippen LogP contribution in [0.2, 0.25) is 0 Å². The summed E-state index contributed by atoms with van der Waals surface area (Å²) in [7, 11) is 0. The summed E-state index contributed by atoms with van der Waals surface area (Å²) in [6.45, 7) is 6.99. The molecule has 2 rings (SSSR count). The molecule has 1 amide bonds.